The van der Waals surface area contributed by atoms with Crippen LogP contribution in [0.5, 0.6) is 0 Å². The molecule has 0 bridgehead atoms. The molecule has 0 saturated carbocycles. The third-order valence-corrected chi connectivity index (χ3v) is 3.34. The number of ether oxygens (including phenoxy) is 1. The predicted octanol–water partition coefficient (Wildman–Crippen LogP) is 3.45. The molecule has 0 N–H and O–H groups in total. The summed E-state index contributed by atoms with van der Waals surface area (Å²) in [4.78, 5) is 11.9. The molecule has 0 unspecified atom stereocenters. The van der Waals surface area contributed by atoms with Gasteiger partial charge in [-0.3, -0.25) is 0 Å². The average molecular weight is 238 g/mol. The van der Waals surface area contributed by atoms with Crippen LogP contribution in [0.3, 0.4) is 0 Å². The van der Waals surface area contributed by atoms with Gasteiger partial charge in [0.1, 0.15) is 6.10 Å². The first kappa shape index (κ1) is 11.0. The lowest BCUT2D eigenvalue weighted by Gasteiger charge is -2.24. The van der Waals surface area contributed by atoms with Crippen molar-refractivity contribution in [3.63, 3.8) is 0 Å². The molecule has 0 spiro atoms. The Labute approximate surface area is 106 Å². The van der Waals surface area contributed by atoms with E-state index in [0.29, 0.717) is 5.56 Å². The van der Waals surface area contributed by atoms with E-state index in [4.69, 9.17) is 4.74 Å². The van der Waals surface area contributed by atoms with E-state index >= 15 is 0 Å². The van der Waals surface area contributed by atoms with Gasteiger partial charge >= 0.3 is 5.97 Å². The summed E-state index contributed by atoms with van der Waals surface area (Å²) in [7, 11) is 0. The van der Waals surface area contributed by atoms with Crippen molar-refractivity contribution in [3.05, 3.63) is 70.8 Å². The van der Waals surface area contributed by atoms with Crippen LogP contribution in [-0.2, 0) is 11.2 Å². The molecule has 2 aromatic carbocycles. The Balaban J connectivity index is 1.94. The fourth-order valence-electron chi connectivity index (χ4n) is 2.30. The lowest BCUT2D eigenvalue weighted by atomic mass is 9.94. The summed E-state index contributed by atoms with van der Waals surface area (Å²) in [6, 6.07) is 15.8. The van der Waals surface area contributed by atoms with Crippen molar-refractivity contribution in [1.29, 1.82) is 0 Å². The number of carbonyl (C=O) groups is 1. The number of hydrogen-bond donors (Lipinski definition) is 0. The summed E-state index contributed by atoms with van der Waals surface area (Å²) in [6.45, 7) is 2.05. The fraction of sp³-hybridized carbons (Fsp3) is 0.188. The molecule has 90 valence electrons. The van der Waals surface area contributed by atoms with Crippen LogP contribution >= 0.6 is 0 Å². The van der Waals surface area contributed by atoms with Gasteiger partial charge in [0.15, 0.2) is 0 Å². The minimum atomic E-state index is -0.220. The normalized spacial score (nSPS) is 18.1. The van der Waals surface area contributed by atoms with Crippen LogP contribution in [0, 0.1) is 6.92 Å². The highest BCUT2D eigenvalue weighted by Gasteiger charge is 2.26. The van der Waals surface area contributed by atoms with Crippen molar-refractivity contribution in [3.8, 4) is 0 Å². The highest BCUT2D eigenvalue weighted by molar-refractivity contribution is 5.92. The van der Waals surface area contributed by atoms with Gasteiger partial charge in [-0.25, -0.2) is 4.79 Å². The lowest BCUT2D eigenvalue weighted by Crippen LogP contribution is -2.21. The van der Waals surface area contributed by atoms with Gasteiger partial charge in [-0.05, 0) is 24.1 Å². The maximum atomic E-state index is 11.9. The molecule has 1 aliphatic heterocycles. The van der Waals surface area contributed by atoms with Crippen molar-refractivity contribution in [2.45, 2.75) is 19.4 Å². The number of fused-ring (bicyclic) bond motifs is 1. The Bertz CT molecular complexity index is 584. The molecular formula is C16H14O2. The molecule has 0 amide bonds. The van der Waals surface area contributed by atoms with Gasteiger partial charge in [0.2, 0.25) is 0 Å². The number of carbonyl (C=O) groups excluding carboxylic acids is 1. The first-order valence-electron chi connectivity index (χ1n) is 6.09. The highest BCUT2D eigenvalue weighted by atomic mass is 16.5. The zero-order valence-corrected chi connectivity index (χ0v) is 10.2. The molecule has 2 heteroatoms. The Morgan fingerprint density at radius 2 is 1.78 bits per heavy atom. The summed E-state index contributed by atoms with van der Waals surface area (Å²) in [5.41, 5.74) is 4.03. The molecule has 0 saturated heterocycles. The SMILES string of the molecule is Cc1ccc([C@@H]2Cc3ccccc3C(=O)O2)cc1. The molecule has 1 heterocycles. The number of hydrogen-bond acceptors (Lipinski definition) is 2. The Morgan fingerprint density at radius 1 is 1.06 bits per heavy atom. The molecule has 1 aliphatic rings. The van der Waals surface area contributed by atoms with Crippen LogP contribution in [0.15, 0.2) is 48.5 Å². The second kappa shape index (κ2) is 4.30. The number of aryl methyl sites for hydroxylation is 1. The quantitative estimate of drug-likeness (QED) is 0.711. The third kappa shape index (κ3) is 1.90. The highest BCUT2D eigenvalue weighted by Crippen LogP contribution is 2.30. The molecule has 2 aromatic rings. The van der Waals surface area contributed by atoms with E-state index in [9.17, 15) is 4.79 Å². The van der Waals surface area contributed by atoms with Gasteiger partial charge in [-0.1, -0.05) is 48.0 Å². The Kier molecular flexibility index (Phi) is 2.63. The van der Waals surface area contributed by atoms with E-state index in [1.807, 2.05) is 55.5 Å². The number of cyclic esters (lactones) is 1. The van der Waals surface area contributed by atoms with Gasteiger partial charge in [-0.2, -0.15) is 0 Å². The van der Waals surface area contributed by atoms with Crippen molar-refractivity contribution < 1.29 is 9.53 Å². The van der Waals surface area contributed by atoms with Crippen LogP contribution in [0.2, 0.25) is 0 Å². The monoisotopic (exact) mass is 238 g/mol. The molecule has 1 atom stereocenters. The first-order chi connectivity index (χ1) is 8.74. The van der Waals surface area contributed by atoms with E-state index in [1.165, 1.54) is 5.56 Å². The summed E-state index contributed by atoms with van der Waals surface area (Å²) in [5, 5.41) is 0. The number of rotatable bonds is 1. The van der Waals surface area contributed by atoms with Crippen LogP contribution in [0.4, 0.5) is 0 Å². The summed E-state index contributed by atoms with van der Waals surface area (Å²) in [6.07, 6.45) is 0.596. The summed E-state index contributed by atoms with van der Waals surface area (Å²) >= 11 is 0. The second-order valence-electron chi connectivity index (χ2n) is 4.67. The van der Waals surface area contributed by atoms with Crippen LogP contribution in [0.1, 0.15) is 33.2 Å². The lowest BCUT2D eigenvalue weighted by molar-refractivity contribution is 0.0253. The third-order valence-electron chi connectivity index (χ3n) is 3.34. The van der Waals surface area contributed by atoms with E-state index < -0.39 is 0 Å². The molecular weight excluding hydrogens is 224 g/mol. The summed E-state index contributed by atoms with van der Waals surface area (Å²) < 4.78 is 5.50. The van der Waals surface area contributed by atoms with Gasteiger partial charge in [0, 0.05) is 6.42 Å². The average Bonchev–Trinajstić information content (AvgIpc) is 2.39. The maximum absolute atomic E-state index is 11.9. The second-order valence-corrected chi connectivity index (χ2v) is 4.67. The van der Waals surface area contributed by atoms with Crippen LogP contribution in [0.25, 0.3) is 0 Å². The molecule has 18 heavy (non-hydrogen) atoms. The zero-order valence-electron chi connectivity index (χ0n) is 10.2. The van der Waals surface area contributed by atoms with Gasteiger partial charge in [-0.15, -0.1) is 0 Å². The van der Waals surface area contributed by atoms with E-state index in [-0.39, 0.29) is 12.1 Å². The number of benzene rings is 2. The van der Waals surface area contributed by atoms with Crippen molar-refractivity contribution in [2.24, 2.45) is 0 Å². The fourth-order valence-corrected chi connectivity index (χ4v) is 2.30. The van der Waals surface area contributed by atoms with E-state index in [1.54, 1.807) is 0 Å². The first-order valence-corrected chi connectivity index (χ1v) is 6.09. The molecule has 0 aliphatic carbocycles. The molecule has 2 nitrogen and oxygen atoms in total. The smallest absolute Gasteiger partial charge is 0.339 e. The number of esters is 1. The summed E-state index contributed by atoms with van der Waals surface area (Å²) in [5.74, 6) is -0.220. The van der Waals surface area contributed by atoms with Crippen molar-refractivity contribution >= 4 is 5.97 Å². The molecule has 3 rings (SSSR count). The molecule has 0 aromatic heterocycles. The predicted molar refractivity (Wildman–Crippen MR) is 69.5 cm³/mol. The molecule has 0 fully saturated rings. The maximum Gasteiger partial charge on any atom is 0.339 e. The zero-order chi connectivity index (χ0) is 12.5. The largest absolute Gasteiger partial charge is 0.454 e. The van der Waals surface area contributed by atoms with Gasteiger partial charge in [0.25, 0.3) is 0 Å². The van der Waals surface area contributed by atoms with Gasteiger partial charge in [0.05, 0.1) is 5.56 Å². The van der Waals surface area contributed by atoms with E-state index in [2.05, 4.69) is 0 Å². The Hall–Kier alpha value is -2.09. The Morgan fingerprint density at radius 3 is 2.56 bits per heavy atom. The van der Waals surface area contributed by atoms with Crippen LogP contribution in [-0.4, -0.2) is 5.97 Å². The van der Waals surface area contributed by atoms with E-state index in [0.717, 1.165) is 17.5 Å². The topological polar surface area (TPSA) is 26.3 Å². The molecule has 0 radical (unpaired) electrons. The van der Waals surface area contributed by atoms with Gasteiger partial charge < -0.3 is 4.74 Å². The van der Waals surface area contributed by atoms with Crippen molar-refractivity contribution in [1.82, 2.24) is 0 Å². The van der Waals surface area contributed by atoms with Crippen LogP contribution < -0.4 is 0 Å². The van der Waals surface area contributed by atoms with Crippen molar-refractivity contribution in [2.75, 3.05) is 0 Å². The standard InChI is InChI=1S/C16H14O2/c1-11-6-8-12(9-7-11)15-10-13-4-2-3-5-14(13)16(17)18-15/h2-9,15H,10H2,1H3/t15-/m0/s1. The minimum Gasteiger partial charge on any atom is -0.454 e. The minimum absolute atomic E-state index is 0.159.